The van der Waals surface area contributed by atoms with E-state index >= 15 is 0 Å². The van der Waals surface area contributed by atoms with Gasteiger partial charge in [-0.2, -0.15) is 0 Å². The highest BCUT2D eigenvalue weighted by atomic mass is 16.6. The van der Waals surface area contributed by atoms with Gasteiger partial charge in [0.2, 0.25) is 0 Å². The van der Waals surface area contributed by atoms with Crippen LogP contribution in [0.5, 0.6) is 0 Å². The molecule has 6 heteroatoms. The topological polar surface area (TPSA) is 78.9 Å². The Bertz CT molecular complexity index is 1210. The Kier molecular flexibility index (Phi) is 59.2. The van der Waals surface area contributed by atoms with Gasteiger partial charge in [0.25, 0.3) is 0 Å². The number of hydrogen-bond donors (Lipinski definition) is 0. The first kappa shape index (κ1) is 69.6. The summed E-state index contributed by atoms with van der Waals surface area (Å²) in [7, 11) is 0. The molecule has 0 fully saturated rings. The first-order chi connectivity index (χ1) is 35.5. The van der Waals surface area contributed by atoms with Crippen molar-refractivity contribution in [1.82, 2.24) is 0 Å². The van der Waals surface area contributed by atoms with Crippen molar-refractivity contribution in [3.05, 3.63) is 36.5 Å². The van der Waals surface area contributed by atoms with Crippen LogP contribution in [0.3, 0.4) is 0 Å². The van der Waals surface area contributed by atoms with Gasteiger partial charge in [0.05, 0.1) is 0 Å². The Morgan fingerprint density at radius 3 is 0.778 bits per heavy atom. The van der Waals surface area contributed by atoms with Gasteiger partial charge in [0, 0.05) is 19.3 Å². The number of unbranched alkanes of at least 4 members (excludes halogenated alkanes) is 42. The van der Waals surface area contributed by atoms with Gasteiger partial charge in [0.1, 0.15) is 13.2 Å². The van der Waals surface area contributed by atoms with E-state index in [1.165, 1.54) is 238 Å². The van der Waals surface area contributed by atoms with Gasteiger partial charge >= 0.3 is 17.9 Å². The van der Waals surface area contributed by atoms with Crippen LogP contribution in [0.2, 0.25) is 0 Å². The molecule has 0 rings (SSSR count). The number of allylic oxidation sites excluding steroid dienone is 6. The van der Waals surface area contributed by atoms with E-state index in [1.54, 1.807) is 0 Å². The minimum atomic E-state index is -0.768. The summed E-state index contributed by atoms with van der Waals surface area (Å²) in [5.41, 5.74) is 0. The molecule has 0 amide bonds. The summed E-state index contributed by atoms with van der Waals surface area (Å²) in [6.07, 6.45) is 74.4. The highest BCUT2D eigenvalue weighted by molar-refractivity contribution is 5.71. The van der Waals surface area contributed by atoms with Crippen LogP contribution in [-0.4, -0.2) is 37.2 Å². The van der Waals surface area contributed by atoms with E-state index in [0.29, 0.717) is 19.3 Å². The number of carbonyl (C=O) groups excluding carboxylic acids is 3. The summed E-state index contributed by atoms with van der Waals surface area (Å²) < 4.78 is 16.9. The lowest BCUT2D eigenvalue weighted by atomic mass is 10.0. The van der Waals surface area contributed by atoms with E-state index in [9.17, 15) is 14.4 Å². The second-order valence-electron chi connectivity index (χ2n) is 21.7. The third kappa shape index (κ3) is 58.5. The van der Waals surface area contributed by atoms with Crippen LogP contribution in [0, 0.1) is 0 Å². The molecule has 0 aromatic heterocycles. The molecule has 0 aliphatic rings. The molecule has 0 radical (unpaired) electrons. The zero-order chi connectivity index (χ0) is 52.2. The van der Waals surface area contributed by atoms with E-state index in [1.807, 2.05) is 0 Å². The fraction of sp³-hybridized carbons (Fsp3) is 0.864. The molecular formula is C66H122O6. The van der Waals surface area contributed by atoms with E-state index < -0.39 is 6.10 Å². The van der Waals surface area contributed by atoms with Crippen molar-refractivity contribution in [3.63, 3.8) is 0 Å². The van der Waals surface area contributed by atoms with Crippen LogP contribution in [0.1, 0.15) is 348 Å². The molecule has 0 aromatic carbocycles. The summed E-state index contributed by atoms with van der Waals surface area (Å²) >= 11 is 0. The molecule has 0 aromatic rings. The minimum Gasteiger partial charge on any atom is -0.462 e. The average molecular weight is 1010 g/mol. The monoisotopic (exact) mass is 1010 g/mol. The molecule has 0 saturated heterocycles. The third-order valence-electron chi connectivity index (χ3n) is 14.4. The summed E-state index contributed by atoms with van der Waals surface area (Å²) in [6, 6.07) is 0. The molecule has 1 unspecified atom stereocenters. The van der Waals surface area contributed by atoms with Gasteiger partial charge in [-0.15, -0.1) is 0 Å². The van der Waals surface area contributed by atoms with E-state index in [-0.39, 0.29) is 31.1 Å². The molecule has 0 saturated carbocycles. The van der Waals surface area contributed by atoms with Gasteiger partial charge in [-0.25, -0.2) is 0 Å². The van der Waals surface area contributed by atoms with Crippen LogP contribution in [-0.2, 0) is 28.6 Å². The summed E-state index contributed by atoms with van der Waals surface area (Å²) in [6.45, 7) is 6.67. The molecule has 6 nitrogen and oxygen atoms in total. The maximum Gasteiger partial charge on any atom is 0.306 e. The molecule has 0 spiro atoms. The van der Waals surface area contributed by atoms with Crippen LogP contribution in [0.15, 0.2) is 36.5 Å². The van der Waals surface area contributed by atoms with Gasteiger partial charge in [0.15, 0.2) is 6.10 Å². The zero-order valence-electron chi connectivity index (χ0n) is 48.5. The van der Waals surface area contributed by atoms with Gasteiger partial charge in [-0.3, -0.25) is 14.4 Å². The van der Waals surface area contributed by atoms with Crippen molar-refractivity contribution in [2.45, 2.75) is 354 Å². The van der Waals surface area contributed by atoms with Crippen molar-refractivity contribution >= 4 is 17.9 Å². The fourth-order valence-corrected chi connectivity index (χ4v) is 9.57. The SMILES string of the molecule is CCCCCCC/C=C\C/C=C\C/C=C\CCCCCCCCCCCCCCC(=O)OCC(COC(=O)CCCCCCCCCCCCC)OC(=O)CCCCCCCCCCCCCCCCCC. The molecule has 422 valence electrons. The lowest BCUT2D eigenvalue weighted by molar-refractivity contribution is -0.167. The first-order valence-electron chi connectivity index (χ1n) is 32.0. The third-order valence-corrected chi connectivity index (χ3v) is 14.4. The van der Waals surface area contributed by atoms with Crippen LogP contribution >= 0.6 is 0 Å². The van der Waals surface area contributed by atoms with Crippen molar-refractivity contribution < 1.29 is 28.6 Å². The minimum absolute atomic E-state index is 0.0667. The van der Waals surface area contributed by atoms with Crippen molar-refractivity contribution in [1.29, 1.82) is 0 Å². The summed E-state index contributed by atoms with van der Waals surface area (Å²) in [4.78, 5) is 38.2. The Labute approximate surface area is 448 Å². The Hall–Kier alpha value is -2.37. The predicted molar refractivity (Wildman–Crippen MR) is 312 cm³/mol. The average Bonchev–Trinajstić information content (AvgIpc) is 3.38. The van der Waals surface area contributed by atoms with Gasteiger partial charge in [-0.1, -0.05) is 308 Å². The lowest BCUT2D eigenvalue weighted by Gasteiger charge is -2.18. The molecular weight excluding hydrogens is 889 g/mol. The first-order valence-corrected chi connectivity index (χ1v) is 32.0. The molecule has 0 aliphatic carbocycles. The van der Waals surface area contributed by atoms with E-state index in [4.69, 9.17) is 14.2 Å². The molecule has 1 atom stereocenters. The number of ether oxygens (including phenoxy) is 3. The molecule has 0 bridgehead atoms. The van der Waals surface area contributed by atoms with Crippen LogP contribution in [0.25, 0.3) is 0 Å². The molecule has 0 aliphatic heterocycles. The molecule has 0 N–H and O–H groups in total. The largest absolute Gasteiger partial charge is 0.462 e. The predicted octanol–water partition coefficient (Wildman–Crippen LogP) is 21.6. The Balaban J connectivity index is 4.19. The lowest BCUT2D eigenvalue weighted by Crippen LogP contribution is -2.30. The highest BCUT2D eigenvalue weighted by Crippen LogP contribution is 2.17. The van der Waals surface area contributed by atoms with Crippen molar-refractivity contribution in [3.8, 4) is 0 Å². The summed E-state index contributed by atoms with van der Waals surface area (Å²) in [5, 5.41) is 0. The van der Waals surface area contributed by atoms with Gasteiger partial charge < -0.3 is 14.2 Å². The Morgan fingerprint density at radius 1 is 0.278 bits per heavy atom. The summed E-state index contributed by atoms with van der Waals surface area (Å²) in [5.74, 6) is -0.846. The maximum atomic E-state index is 12.9. The van der Waals surface area contributed by atoms with Crippen LogP contribution < -0.4 is 0 Å². The second-order valence-corrected chi connectivity index (χ2v) is 21.7. The second kappa shape index (κ2) is 61.2. The van der Waals surface area contributed by atoms with Gasteiger partial charge in [-0.05, 0) is 57.8 Å². The quantitative estimate of drug-likeness (QED) is 0.0261. The van der Waals surface area contributed by atoms with Crippen molar-refractivity contribution in [2.24, 2.45) is 0 Å². The molecule has 0 heterocycles. The number of hydrogen-bond acceptors (Lipinski definition) is 6. The standard InChI is InChI=1S/C66H122O6/c1-4-7-10-13-16-19-22-24-26-28-29-30-31-32-33-34-35-36-37-38-40-41-44-47-50-53-56-59-65(68)71-62-63(61-70-64(67)58-55-52-49-46-43-21-18-15-12-9-6-3)72-66(69)60-57-54-51-48-45-42-39-27-25-23-20-17-14-11-8-5-2/h22,24,28-29,31-32,63H,4-21,23,25-27,30,33-62H2,1-3H3/b24-22-,29-28-,32-31-. The van der Waals surface area contributed by atoms with E-state index in [2.05, 4.69) is 57.2 Å². The normalized spacial score (nSPS) is 12.2. The Morgan fingerprint density at radius 2 is 0.500 bits per heavy atom. The highest BCUT2D eigenvalue weighted by Gasteiger charge is 2.19. The zero-order valence-corrected chi connectivity index (χ0v) is 48.5. The number of carbonyl (C=O) groups is 3. The number of rotatable bonds is 59. The van der Waals surface area contributed by atoms with Crippen LogP contribution in [0.4, 0.5) is 0 Å². The van der Waals surface area contributed by atoms with Crippen molar-refractivity contribution in [2.75, 3.05) is 13.2 Å². The number of esters is 3. The smallest absolute Gasteiger partial charge is 0.306 e. The fourth-order valence-electron chi connectivity index (χ4n) is 9.57. The maximum absolute atomic E-state index is 12.9. The van der Waals surface area contributed by atoms with E-state index in [0.717, 1.165) is 70.6 Å². The molecule has 72 heavy (non-hydrogen) atoms.